The Morgan fingerprint density at radius 1 is 1.16 bits per heavy atom. The molecule has 0 saturated carbocycles. The molecule has 32 heavy (non-hydrogen) atoms. The molecule has 1 aliphatic rings. The van der Waals surface area contributed by atoms with Crippen LogP contribution in [0.5, 0.6) is 0 Å². The monoisotopic (exact) mass is 473 g/mol. The van der Waals surface area contributed by atoms with Crippen LogP contribution in [0.25, 0.3) is 5.69 Å². The normalized spacial score (nSPS) is 14.6. The van der Waals surface area contributed by atoms with E-state index >= 15 is 0 Å². The summed E-state index contributed by atoms with van der Waals surface area (Å²) in [5.41, 5.74) is 1.67. The molecule has 3 aromatic rings. The van der Waals surface area contributed by atoms with Crippen LogP contribution in [-0.2, 0) is 4.79 Å². The molecule has 2 aromatic carbocycles. The second-order valence-electron chi connectivity index (χ2n) is 7.78. The van der Waals surface area contributed by atoms with Gasteiger partial charge in [-0.05, 0) is 49.6 Å². The van der Waals surface area contributed by atoms with Crippen LogP contribution in [-0.4, -0.2) is 51.5 Å². The van der Waals surface area contributed by atoms with Gasteiger partial charge in [0.05, 0.1) is 22.5 Å². The lowest BCUT2D eigenvalue weighted by Crippen LogP contribution is -2.31. The zero-order valence-corrected chi connectivity index (χ0v) is 19.6. The number of benzene rings is 2. The molecule has 1 atom stereocenters. The van der Waals surface area contributed by atoms with Crippen molar-refractivity contribution in [1.82, 2.24) is 19.7 Å². The molecule has 0 aliphatic carbocycles. The number of aromatic nitrogens is 3. The van der Waals surface area contributed by atoms with Crippen LogP contribution >= 0.6 is 23.4 Å². The zero-order valence-electron chi connectivity index (χ0n) is 18.0. The molecule has 0 bridgehead atoms. The average molecular weight is 474 g/mol. The van der Waals surface area contributed by atoms with Gasteiger partial charge in [-0.15, -0.1) is 10.2 Å². The first-order valence-corrected chi connectivity index (χ1v) is 11.9. The average Bonchev–Trinajstić information content (AvgIpc) is 3.47. The molecule has 0 radical (unpaired) electrons. The van der Waals surface area contributed by atoms with Crippen LogP contribution in [0.4, 0.5) is 10.3 Å². The highest BCUT2D eigenvalue weighted by atomic mass is 35.5. The molecule has 1 unspecified atom stereocenters. The molecule has 1 aliphatic heterocycles. The summed E-state index contributed by atoms with van der Waals surface area (Å²) in [6, 6.07) is 13.6. The molecule has 9 heteroatoms. The molecule has 1 fully saturated rings. The number of para-hydroxylation sites is 1. The maximum absolute atomic E-state index is 13.2. The Bertz CT molecular complexity index is 1080. The van der Waals surface area contributed by atoms with E-state index in [-0.39, 0.29) is 23.5 Å². The van der Waals surface area contributed by atoms with Crippen LogP contribution in [0.2, 0.25) is 5.02 Å². The van der Waals surface area contributed by atoms with Gasteiger partial charge in [0.25, 0.3) is 0 Å². The Labute approximate surface area is 196 Å². The van der Waals surface area contributed by atoms with E-state index in [1.807, 2.05) is 35.8 Å². The van der Waals surface area contributed by atoms with Crippen molar-refractivity contribution in [3.05, 3.63) is 64.9 Å². The topological polar surface area (TPSA) is 54.3 Å². The number of hydrogen-bond donors (Lipinski definition) is 0. The van der Waals surface area contributed by atoms with Crippen molar-refractivity contribution in [2.45, 2.75) is 31.0 Å². The first-order chi connectivity index (χ1) is 15.5. The molecular formula is C23H25ClFN5OS. The third kappa shape index (κ3) is 4.76. The molecule has 2 heterocycles. The molecule has 0 N–H and O–H groups in total. The van der Waals surface area contributed by atoms with Gasteiger partial charge in [-0.25, -0.2) is 4.39 Å². The SMILES string of the molecule is CC(c1ccc(F)cc1)N(C)C(=O)CSc1nnc(N2CCCC2)n1-c1ccccc1Cl. The van der Waals surface area contributed by atoms with E-state index in [4.69, 9.17) is 11.6 Å². The highest BCUT2D eigenvalue weighted by molar-refractivity contribution is 7.99. The van der Waals surface area contributed by atoms with Crippen molar-refractivity contribution in [3.63, 3.8) is 0 Å². The summed E-state index contributed by atoms with van der Waals surface area (Å²) in [5, 5.41) is 10.0. The number of hydrogen-bond acceptors (Lipinski definition) is 5. The summed E-state index contributed by atoms with van der Waals surface area (Å²) in [7, 11) is 1.76. The van der Waals surface area contributed by atoms with E-state index < -0.39 is 0 Å². The summed E-state index contributed by atoms with van der Waals surface area (Å²) >= 11 is 7.83. The predicted octanol–water partition coefficient (Wildman–Crippen LogP) is 4.97. The maximum atomic E-state index is 13.2. The number of halogens is 2. The van der Waals surface area contributed by atoms with E-state index in [1.165, 1.54) is 23.9 Å². The number of anilines is 1. The number of rotatable bonds is 7. The second-order valence-corrected chi connectivity index (χ2v) is 9.13. The van der Waals surface area contributed by atoms with Gasteiger partial charge in [0.15, 0.2) is 5.16 Å². The van der Waals surface area contributed by atoms with Crippen LogP contribution in [0.15, 0.2) is 53.7 Å². The Hall–Kier alpha value is -2.58. The minimum Gasteiger partial charge on any atom is -0.341 e. The first-order valence-electron chi connectivity index (χ1n) is 10.5. The fourth-order valence-corrected chi connectivity index (χ4v) is 4.81. The van der Waals surface area contributed by atoms with Crippen molar-refractivity contribution in [1.29, 1.82) is 0 Å². The van der Waals surface area contributed by atoms with Gasteiger partial charge in [0.1, 0.15) is 5.82 Å². The Kier molecular flexibility index (Phi) is 7.01. The first kappa shape index (κ1) is 22.6. The molecule has 1 aromatic heterocycles. The van der Waals surface area contributed by atoms with Crippen molar-refractivity contribution >= 4 is 35.2 Å². The standard InChI is InChI=1S/C23H25ClFN5OS/c1-16(17-9-11-18(25)12-10-17)28(2)21(31)15-32-23-27-26-22(29-13-5-6-14-29)30(23)20-8-4-3-7-19(20)24/h3-4,7-12,16H,5-6,13-15H2,1-2H3. The summed E-state index contributed by atoms with van der Waals surface area (Å²) in [6.45, 7) is 3.77. The summed E-state index contributed by atoms with van der Waals surface area (Å²) in [6.07, 6.45) is 2.23. The Morgan fingerprint density at radius 3 is 2.53 bits per heavy atom. The molecule has 168 valence electrons. The van der Waals surface area contributed by atoms with Gasteiger partial charge in [-0.1, -0.05) is 47.6 Å². The number of amides is 1. The van der Waals surface area contributed by atoms with E-state index in [0.29, 0.717) is 10.2 Å². The molecule has 6 nitrogen and oxygen atoms in total. The van der Waals surface area contributed by atoms with Gasteiger partial charge >= 0.3 is 0 Å². The van der Waals surface area contributed by atoms with E-state index in [9.17, 15) is 9.18 Å². The van der Waals surface area contributed by atoms with Gasteiger partial charge in [-0.3, -0.25) is 9.36 Å². The second kappa shape index (κ2) is 9.92. The maximum Gasteiger partial charge on any atom is 0.233 e. The largest absolute Gasteiger partial charge is 0.341 e. The molecule has 0 spiro atoms. The minimum absolute atomic E-state index is 0.0525. The summed E-state index contributed by atoms with van der Waals surface area (Å²) in [5.74, 6) is 0.602. The summed E-state index contributed by atoms with van der Waals surface area (Å²) < 4.78 is 15.2. The Balaban J connectivity index is 1.53. The van der Waals surface area contributed by atoms with Crippen LogP contribution in [0.1, 0.15) is 31.4 Å². The predicted molar refractivity (Wildman–Crippen MR) is 126 cm³/mol. The zero-order chi connectivity index (χ0) is 22.7. The summed E-state index contributed by atoms with van der Waals surface area (Å²) in [4.78, 5) is 16.8. The minimum atomic E-state index is -0.293. The smallest absolute Gasteiger partial charge is 0.233 e. The van der Waals surface area contributed by atoms with Crippen molar-refractivity contribution < 1.29 is 9.18 Å². The van der Waals surface area contributed by atoms with Crippen molar-refractivity contribution in [3.8, 4) is 5.69 Å². The lowest BCUT2D eigenvalue weighted by Gasteiger charge is -2.25. The highest BCUT2D eigenvalue weighted by Crippen LogP contribution is 2.32. The lowest BCUT2D eigenvalue weighted by atomic mass is 10.1. The molecular weight excluding hydrogens is 449 g/mol. The van der Waals surface area contributed by atoms with Crippen LogP contribution < -0.4 is 4.90 Å². The third-order valence-corrected chi connectivity index (χ3v) is 6.98. The van der Waals surface area contributed by atoms with E-state index in [2.05, 4.69) is 15.1 Å². The van der Waals surface area contributed by atoms with Crippen LogP contribution in [0.3, 0.4) is 0 Å². The van der Waals surface area contributed by atoms with Gasteiger partial charge in [0.2, 0.25) is 11.9 Å². The lowest BCUT2D eigenvalue weighted by molar-refractivity contribution is -0.128. The number of thioether (sulfide) groups is 1. The number of carbonyl (C=O) groups is 1. The quantitative estimate of drug-likeness (QED) is 0.453. The Morgan fingerprint density at radius 2 is 1.84 bits per heavy atom. The third-order valence-electron chi connectivity index (χ3n) is 5.75. The van der Waals surface area contributed by atoms with Gasteiger partial charge in [-0.2, -0.15) is 0 Å². The molecule has 4 rings (SSSR count). The van der Waals surface area contributed by atoms with E-state index in [1.54, 1.807) is 24.1 Å². The van der Waals surface area contributed by atoms with E-state index in [0.717, 1.165) is 43.1 Å². The molecule has 1 amide bonds. The highest BCUT2D eigenvalue weighted by Gasteiger charge is 2.25. The number of nitrogens with zero attached hydrogens (tertiary/aromatic N) is 5. The van der Waals surface area contributed by atoms with Crippen molar-refractivity contribution in [2.24, 2.45) is 0 Å². The molecule has 1 saturated heterocycles. The fraction of sp³-hybridized carbons (Fsp3) is 0.348. The fourth-order valence-electron chi connectivity index (χ4n) is 3.73. The van der Waals surface area contributed by atoms with Crippen LogP contribution in [0, 0.1) is 5.82 Å². The number of carbonyl (C=O) groups excluding carboxylic acids is 1. The van der Waals surface area contributed by atoms with Gasteiger partial charge in [0, 0.05) is 20.1 Å². The van der Waals surface area contributed by atoms with Gasteiger partial charge < -0.3 is 9.80 Å². The van der Waals surface area contributed by atoms with Crippen molar-refractivity contribution in [2.75, 3.05) is 30.8 Å².